The van der Waals surface area contributed by atoms with Crippen LogP contribution in [0.2, 0.25) is 0 Å². The molecule has 4 heteroatoms. The minimum atomic E-state index is -0.687. The fraction of sp³-hybridized carbons (Fsp3) is 0.846. The van der Waals surface area contributed by atoms with E-state index in [2.05, 4.69) is 5.32 Å². The van der Waals surface area contributed by atoms with Gasteiger partial charge in [0.25, 0.3) is 0 Å². The van der Waals surface area contributed by atoms with Crippen molar-refractivity contribution in [1.29, 1.82) is 0 Å². The smallest absolute Gasteiger partial charge is 0.248 e. The van der Waals surface area contributed by atoms with Gasteiger partial charge in [-0.15, -0.1) is 0 Å². The molecular weight excluding hydrogens is 216 g/mol. The lowest BCUT2D eigenvalue weighted by Crippen LogP contribution is -2.65. The van der Waals surface area contributed by atoms with Crippen molar-refractivity contribution in [2.45, 2.75) is 51.5 Å². The Morgan fingerprint density at radius 1 is 1.35 bits per heavy atom. The maximum Gasteiger partial charge on any atom is 0.248 e. The molecule has 0 spiro atoms. The number of hydrogen-bond donors (Lipinski definition) is 1. The Hall–Kier alpha value is -1.06. The standard InChI is InChI=1S/C13H22N2O2/c1-3-13(2)12(17)15(9-11(16)14-13)8-10-6-4-5-7-10/h10H,3-9H2,1-2H3,(H,14,16). The van der Waals surface area contributed by atoms with Gasteiger partial charge in [-0.25, -0.2) is 0 Å². The van der Waals surface area contributed by atoms with E-state index in [0.29, 0.717) is 12.3 Å². The molecule has 1 N–H and O–H groups in total. The third kappa shape index (κ3) is 2.45. The van der Waals surface area contributed by atoms with E-state index < -0.39 is 5.54 Å². The second-order valence-electron chi connectivity index (χ2n) is 5.57. The molecule has 2 amide bonds. The third-order valence-corrected chi connectivity index (χ3v) is 4.17. The van der Waals surface area contributed by atoms with E-state index in [1.165, 1.54) is 25.7 Å². The zero-order valence-electron chi connectivity index (χ0n) is 10.8. The molecule has 1 aliphatic carbocycles. The van der Waals surface area contributed by atoms with E-state index in [0.717, 1.165) is 6.54 Å². The Bertz CT molecular complexity index is 323. The highest BCUT2D eigenvalue weighted by atomic mass is 16.2. The van der Waals surface area contributed by atoms with Gasteiger partial charge in [0.15, 0.2) is 0 Å². The van der Waals surface area contributed by atoms with Gasteiger partial charge >= 0.3 is 0 Å². The van der Waals surface area contributed by atoms with E-state index in [9.17, 15) is 9.59 Å². The second kappa shape index (κ2) is 4.67. The van der Waals surface area contributed by atoms with Crippen molar-refractivity contribution >= 4 is 11.8 Å². The zero-order valence-corrected chi connectivity index (χ0v) is 10.8. The number of rotatable bonds is 3. The van der Waals surface area contributed by atoms with Crippen LogP contribution >= 0.6 is 0 Å². The number of hydrogen-bond acceptors (Lipinski definition) is 2. The summed E-state index contributed by atoms with van der Waals surface area (Å²) in [6.45, 7) is 4.78. The van der Waals surface area contributed by atoms with Gasteiger partial charge in [-0.05, 0) is 32.1 Å². The summed E-state index contributed by atoms with van der Waals surface area (Å²) >= 11 is 0. The fourth-order valence-electron chi connectivity index (χ4n) is 2.89. The lowest BCUT2D eigenvalue weighted by Gasteiger charge is -2.40. The first-order valence-electron chi connectivity index (χ1n) is 6.65. The Morgan fingerprint density at radius 3 is 2.59 bits per heavy atom. The molecule has 96 valence electrons. The summed E-state index contributed by atoms with van der Waals surface area (Å²) in [5.74, 6) is 0.671. The molecule has 0 bridgehead atoms. The number of amides is 2. The number of nitrogens with zero attached hydrogens (tertiary/aromatic N) is 1. The van der Waals surface area contributed by atoms with Crippen molar-refractivity contribution in [3.8, 4) is 0 Å². The van der Waals surface area contributed by atoms with Gasteiger partial charge in [0.05, 0.1) is 6.54 Å². The lowest BCUT2D eigenvalue weighted by molar-refractivity contribution is -0.149. The van der Waals surface area contributed by atoms with E-state index >= 15 is 0 Å². The van der Waals surface area contributed by atoms with Gasteiger partial charge in [-0.3, -0.25) is 9.59 Å². The van der Waals surface area contributed by atoms with E-state index in [1.54, 1.807) is 4.90 Å². The first kappa shape index (κ1) is 12.4. The summed E-state index contributed by atoms with van der Waals surface area (Å²) in [4.78, 5) is 25.7. The minimum Gasteiger partial charge on any atom is -0.340 e. The average molecular weight is 238 g/mol. The van der Waals surface area contributed by atoms with Crippen molar-refractivity contribution in [1.82, 2.24) is 10.2 Å². The predicted octanol–water partition coefficient (Wildman–Crippen LogP) is 1.30. The molecule has 1 heterocycles. The van der Waals surface area contributed by atoms with E-state index in [4.69, 9.17) is 0 Å². The Kier molecular flexibility index (Phi) is 3.40. The van der Waals surface area contributed by atoms with Crippen molar-refractivity contribution in [2.24, 2.45) is 5.92 Å². The molecule has 4 nitrogen and oxygen atoms in total. The van der Waals surface area contributed by atoms with Gasteiger partial charge in [0.2, 0.25) is 11.8 Å². The molecule has 17 heavy (non-hydrogen) atoms. The molecule has 1 aliphatic heterocycles. The van der Waals surface area contributed by atoms with Gasteiger partial charge in [-0.1, -0.05) is 19.8 Å². The summed E-state index contributed by atoms with van der Waals surface area (Å²) in [6.07, 6.45) is 5.59. The molecule has 1 atom stereocenters. The Labute approximate surface area is 103 Å². The zero-order chi connectivity index (χ0) is 12.5. The Morgan fingerprint density at radius 2 is 2.00 bits per heavy atom. The van der Waals surface area contributed by atoms with Gasteiger partial charge in [-0.2, -0.15) is 0 Å². The highest BCUT2D eigenvalue weighted by molar-refractivity contribution is 5.97. The molecule has 0 aromatic carbocycles. The molecular formula is C13H22N2O2. The molecule has 1 unspecified atom stereocenters. The van der Waals surface area contributed by atoms with Crippen LogP contribution in [-0.4, -0.2) is 35.3 Å². The summed E-state index contributed by atoms with van der Waals surface area (Å²) in [5.41, 5.74) is -0.687. The number of carbonyl (C=O) groups is 2. The van der Waals surface area contributed by atoms with E-state index in [1.807, 2.05) is 13.8 Å². The average Bonchev–Trinajstić information content (AvgIpc) is 2.78. The third-order valence-electron chi connectivity index (χ3n) is 4.17. The number of piperazine rings is 1. The highest BCUT2D eigenvalue weighted by Gasteiger charge is 2.42. The monoisotopic (exact) mass is 238 g/mol. The van der Waals surface area contributed by atoms with Crippen LogP contribution in [0.3, 0.4) is 0 Å². The van der Waals surface area contributed by atoms with Gasteiger partial charge in [0.1, 0.15) is 5.54 Å². The van der Waals surface area contributed by atoms with Crippen LogP contribution in [0.15, 0.2) is 0 Å². The van der Waals surface area contributed by atoms with Crippen molar-refractivity contribution < 1.29 is 9.59 Å². The molecule has 1 saturated heterocycles. The maximum atomic E-state index is 12.3. The maximum absolute atomic E-state index is 12.3. The molecule has 0 aromatic heterocycles. The van der Waals surface area contributed by atoms with Crippen LogP contribution in [0.4, 0.5) is 0 Å². The normalized spacial score (nSPS) is 30.8. The topological polar surface area (TPSA) is 49.4 Å². The second-order valence-corrected chi connectivity index (χ2v) is 5.57. The SMILES string of the molecule is CCC1(C)NC(=O)CN(CC2CCCC2)C1=O. The van der Waals surface area contributed by atoms with Crippen molar-refractivity contribution in [2.75, 3.05) is 13.1 Å². The minimum absolute atomic E-state index is 0.0213. The number of nitrogens with one attached hydrogen (secondary N) is 1. The summed E-state index contributed by atoms with van der Waals surface area (Å²) in [6, 6.07) is 0. The molecule has 2 rings (SSSR count). The fourth-order valence-corrected chi connectivity index (χ4v) is 2.89. The van der Waals surface area contributed by atoms with Crippen LogP contribution in [0.5, 0.6) is 0 Å². The van der Waals surface area contributed by atoms with Crippen LogP contribution in [-0.2, 0) is 9.59 Å². The predicted molar refractivity (Wildman–Crippen MR) is 65.4 cm³/mol. The first-order valence-corrected chi connectivity index (χ1v) is 6.65. The lowest BCUT2D eigenvalue weighted by atomic mass is 9.93. The first-order chi connectivity index (χ1) is 8.05. The van der Waals surface area contributed by atoms with Crippen LogP contribution < -0.4 is 5.32 Å². The summed E-state index contributed by atoms with van der Waals surface area (Å²) < 4.78 is 0. The van der Waals surface area contributed by atoms with E-state index in [-0.39, 0.29) is 18.4 Å². The molecule has 1 saturated carbocycles. The summed E-state index contributed by atoms with van der Waals surface area (Å²) in [5, 5.41) is 2.82. The summed E-state index contributed by atoms with van der Waals surface area (Å²) in [7, 11) is 0. The largest absolute Gasteiger partial charge is 0.340 e. The Balaban J connectivity index is 2.05. The molecule has 2 fully saturated rings. The quantitative estimate of drug-likeness (QED) is 0.805. The van der Waals surface area contributed by atoms with Gasteiger partial charge in [0, 0.05) is 6.54 Å². The molecule has 2 aliphatic rings. The molecule has 0 aromatic rings. The van der Waals surface area contributed by atoms with Gasteiger partial charge < -0.3 is 10.2 Å². The van der Waals surface area contributed by atoms with Crippen molar-refractivity contribution in [3.63, 3.8) is 0 Å². The number of carbonyl (C=O) groups excluding carboxylic acids is 2. The van der Waals surface area contributed by atoms with Crippen LogP contribution in [0.25, 0.3) is 0 Å². The van der Waals surface area contributed by atoms with Crippen LogP contribution in [0, 0.1) is 5.92 Å². The van der Waals surface area contributed by atoms with Crippen molar-refractivity contribution in [3.05, 3.63) is 0 Å². The molecule has 0 radical (unpaired) electrons. The highest BCUT2D eigenvalue weighted by Crippen LogP contribution is 2.27. The van der Waals surface area contributed by atoms with Crippen LogP contribution in [0.1, 0.15) is 46.0 Å².